The topological polar surface area (TPSA) is 65.7 Å². The maximum Gasteiger partial charge on any atom is 0.226 e. The minimum Gasteiger partial charge on any atom is -0.341 e. The van der Waals surface area contributed by atoms with Crippen molar-refractivity contribution in [3.63, 3.8) is 0 Å². The quantitative estimate of drug-likeness (QED) is 0.721. The van der Waals surface area contributed by atoms with Crippen molar-refractivity contribution in [3.05, 3.63) is 11.7 Å². The van der Waals surface area contributed by atoms with Crippen LogP contribution in [0.3, 0.4) is 0 Å². The van der Waals surface area contributed by atoms with Gasteiger partial charge in [-0.1, -0.05) is 32.9 Å². The predicted molar refractivity (Wildman–Crippen MR) is 104 cm³/mol. The van der Waals surface area contributed by atoms with E-state index in [9.17, 15) is 4.79 Å². The Morgan fingerprint density at radius 2 is 2.00 bits per heavy atom. The van der Waals surface area contributed by atoms with Crippen molar-refractivity contribution in [1.29, 1.82) is 0 Å². The first kappa shape index (κ1) is 20.3. The highest BCUT2D eigenvalue weighted by Gasteiger charge is 2.53. The number of fused-ring (bicyclic) bond motifs is 1. The van der Waals surface area contributed by atoms with E-state index in [1.807, 2.05) is 13.8 Å². The highest BCUT2D eigenvalue weighted by Crippen LogP contribution is 2.43. The molecule has 0 saturated carbocycles. The molecule has 7 heteroatoms. The van der Waals surface area contributed by atoms with E-state index in [4.69, 9.17) is 4.52 Å². The Labute approximate surface area is 163 Å². The van der Waals surface area contributed by atoms with E-state index in [2.05, 4.69) is 52.8 Å². The summed E-state index contributed by atoms with van der Waals surface area (Å²) in [5.74, 6) is 2.87. The number of amides is 1. The van der Waals surface area contributed by atoms with Crippen molar-refractivity contribution < 1.29 is 9.32 Å². The summed E-state index contributed by atoms with van der Waals surface area (Å²) in [4.78, 5) is 23.9. The van der Waals surface area contributed by atoms with Gasteiger partial charge in [0.1, 0.15) is 0 Å². The Morgan fingerprint density at radius 3 is 2.63 bits per heavy atom. The summed E-state index contributed by atoms with van der Waals surface area (Å²) in [5, 5.41) is 4.17. The molecule has 0 spiro atoms. The largest absolute Gasteiger partial charge is 0.341 e. The van der Waals surface area contributed by atoms with Crippen LogP contribution in [0.2, 0.25) is 0 Å². The van der Waals surface area contributed by atoms with Crippen LogP contribution in [0.5, 0.6) is 0 Å². The number of likely N-dealkylation sites (tertiary alicyclic amines) is 2. The Bertz CT molecular complexity index is 657. The van der Waals surface area contributed by atoms with Gasteiger partial charge < -0.3 is 14.3 Å². The van der Waals surface area contributed by atoms with Crippen LogP contribution >= 0.6 is 0 Å². The molecule has 2 atom stereocenters. The average molecular weight is 378 g/mol. The van der Waals surface area contributed by atoms with Gasteiger partial charge in [0.2, 0.25) is 11.8 Å². The molecule has 0 unspecified atom stereocenters. The van der Waals surface area contributed by atoms with Crippen molar-refractivity contribution in [2.45, 2.75) is 40.7 Å². The van der Waals surface area contributed by atoms with Crippen LogP contribution < -0.4 is 0 Å². The van der Waals surface area contributed by atoms with Crippen molar-refractivity contribution in [1.82, 2.24) is 24.8 Å². The van der Waals surface area contributed by atoms with E-state index in [0.29, 0.717) is 11.8 Å². The smallest absolute Gasteiger partial charge is 0.226 e. The normalized spacial score (nSPS) is 26.0. The lowest BCUT2D eigenvalue weighted by Crippen LogP contribution is -2.43. The molecule has 1 amide bonds. The van der Waals surface area contributed by atoms with E-state index >= 15 is 0 Å². The second kappa shape index (κ2) is 7.87. The summed E-state index contributed by atoms with van der Waals surface area (Å²) in [7, 11) is 4.25. The summed E-state index contributed by atoms with van der Waals surface area (Å²) in [6.45, 7) is 13.7. The van der Waals surface area contributed by atoms with Gasteiger partial charge in [-0.25, -0.2) is 0 Å². The minimum absolute atomic E-state index is 0.0649. The molecule has 2 aliphatic heterocycles. The number of carbonyl (C=O) groups excluding carboxylic acids is 1. The second-order valence-corrected chi connectivity index (χ2v) is 9.54. The number of carbonyl (C=O) groups is 1. The van der Waals surface area contributed by atoms with E-state index in [0.717, 1.165) is 57.4 Å². The van der Waals surface area contributed by atoms with Gasteiger partial charge in [-0.15, -0.1) is 0 Å². The van der Waals surface area contributed by atoms with Crippen LogP contribution in [0, 0.1) is 23.2 Å². The van der Waals surface area contributed by atoms with Crippen LogP contribution in [0.25, 0.3) is 0 Å². The van der Waals surface area contributed by atoms with Gasteiger partial charge in [0.05, 0.1) is 6.54 Å². The Hall–Kier alpha value is -1.47. The van der Waals surface area contributed by atoms with E-state index < -0.39 is 0 Å². The molecule has 27 heavy (non-hydrogen) atoms. The summed E-state index contributed by atoms with van der Waals surface area (Å²) < 4.78 is 5.40. The molecular formula is C20H35N5O2. The van der Waals surface area contributed by atoms with Crippen LogP contribution in [0.4, 0.5) is 0 Å². The van der Waals surface area contributed by atoms with Gasteiger partial charge >= 0.3 is 0 Å². The van der Waals surface area contributed by atoms with Crippen LogP contribution in [-0.4, -0.2) is 77.6 Å². The lowest BCUT2D eigenvalue weighted by atomic mass is 9.80. The molecule has 7 nitrogen and oxygen atoms in total. The van der Waals surface area contributed by atoms with Gasteiger partial charge in [-0.3, -0.25) is 9.69 Å². The summed E-state index contributed by atoms with van der Waals surface area (Å²) in [5.41, 5.74) is 0.137. The Morgan fingerprint density at radius 1 is 1.26 bits per heavy atom. The molecule has 0 bridgehead atoms. The molecule has 2 fully saturated rings. The van der Waals surface area contributed by atoms with Crippen LogP contribution in [0.15, 0.2) is 4.52 Å². The molecule has 2 saturated heterocycles. The second-order valence-electron chi connectivity index (χ2n) is 9.54. The summed E-state index contributed by atoms with van der Waals surface area (Å²) in [6, 6.07) is 0. The maximum atomic E-state index is 12.5. The molecule has 0 N–H and O–H groups in total. The zero-order valence-corrected chi connectivity index (χ0v) is 17.7. The number of hydrogen-bond acceptors (Lipinski definition) is 6. The molecule has 1 aromatic heterocycles. The van der Waals surface area contributed by atoms with Gasteiger partial charge in [0.15, 0.2) is 5.82 Å². The molecule has 0 aromatic carbocycles. The SMILES string of the molecule is CC(C)Cc1nc(CN2C[C@H]3CN(C(=O)C(C)C)C[C@@]3(CN(C)C)C2)no1. The molecule has 3 rings (SSSR count). The molecule has 152 valence electrons. The van der Waals surface area contributed by atoms with Crippen LogP contribution in [0.1, 0.15) is 39.4 Å². The Balaban J connectivity index is 1.67. The first-order valence-corrected chi connectivity index (χ1v) is 10.2. The highest BCUT2D eigenvalue weighted by molar-refractivity contribution is 5.78. The fourth-order valence-electron chi connectivity index (χ4n) is 4.78. The number of rotatable bonds is 7. The van der Waals surface area contributed by atoms with Gasteiger partial charge in [-0.2, -0.15) is 4.98 Å². The monoisotopic (exact) mass is 377 g/mol. The van der Waals surface area contributed by atoms with E-state index in [-0.39, 0.29) is 17.2 Å². The lowest BCUT2D eigenvalue weighted by Gasteiger charge is -2.32. The zero-order chi connectivity index (χ0) is 19.8. The average Bonchev–Trinajstić information content (AvgIpc) is 3.18. The van der Waals surface area contributed by atoms with Crippen molar-refractivity contribution in [3.8, 4) is 0 Å². The maximum absolute atomic E-state index is 12.5. The third-order valence-electron chi connectivity index (χ3n) is 5.72. The van der Waals surface area contributed by atoms with Gasteiger partial charge in [-0.05, 0) is 25.9 Å². The molecule has 1 aromatic rings. The third-order valence-corrected chi connectivity index (χ3v) is 5.72. The fraction of sp³-hybridized carbons (Fsp3) is 0.850. The molecule has 0 radical (unpaired) electrons. The van der Waals surface area contributed by atoms with Crippen molar-refractivity contribution in [2.24, 2.45) is 23.2 Å². The van der Waals surface area contributed by atoms with Crippen molar-refractivity contribution >= 4 is 5.91 Å². The number of hydrogen-bond donors (Lipinski definition) is 0. The van der Waals surface area contributed by atoms with Gasteiger partial charge in [0, 0.05) is 50.5 Å². The highest BCUT2D eigenvalue weighted by atomic mass is 16.5. The first-order valence-electron chi connectivity index (χ1n) is 10.2. The lowest BCUT2D eigenvalue weighted by molar-refractivity contribution is -0.134. The molecule has 0 aliphatic carbocycles. The zero-order valence-electron chi connectivity index (χ0n) is 17.7. The molecule has 3 heterocycles. The summed E-state index contributed by atoms with van der Waals surface area (Å²) >= 11 is 0. The minimum atomic E-state index is 0.0649. The first-order chi connectivity index (χ1) is 12.7. The Kier molecular flexibility index (Phi) is 5.91. The number of nitrogens with zero attached hydrogens (tertiary/aromatic N) is 5. The van der Waals surface area contributed by atoms with E-state index in [1.54, 1.807) is 0 Å². The van der Waals surface area contributed by atoms with Crippen LogP contribution in [-0.2, 0) is 17.8 Å². The number of aromatic nitrogens is 2. The fourth-order valence-corrected chi connectivity index (χ4v) is 4.78. The molecular weight excluding hydrogens is 342 g/mol. The van der Waals surface area contributed by atoms with E-state index in [1.165, 1.54) is 0 Å². The summed E-state index contributed by atoms with van der Waals surface area (Å²) in [6.07, 6.45) is 0.826. The molecule has 2 aliphatic rings. The standard InChI is InChI=1S/C20H35N5O2/c1-14(2)7-18-21-17(22-27-18)10-24-8-16-9-25(19(26)15(3)4)13-20(16,12-24)11-23(5)6/h14-16H,7-13H2,1-6H3/t16-,20+/m0/s1. The van der Waals surface area contributed by atoms with Gasteiger partial charge in [0.25, 0.3) is 0 Å². The predicted octanol–water partition coefficient (Wildman–Crippen LogP) is 1.75. The third kappa shape index (κ3) is 4.51. The van der Waals surface area contributed by atoms with Crippen molar-refractivity contribution in [2.75, 3.05) is 46.8 Å².